The fraction of sp³-hybridized carbons (Fsp3) is 0.750. The SMILES string of the molecule is CC(C)C(NCCC#N)C(=O)O. The fourth-order valence-corrected chi connectivity index (χ4v) is 0.892. The zero-order valence-corrected chi connectivity index (χ0v) is 7.37. The van der Waals surface area contributed by atoms with E-state index in [1.165, 1.54) is 0 Å². The number of aliphatic carboxylic acids is 1. The zero-order chi connectivity index (χ0) is 9.56. The van der Waals surface area contributed by atoms with Gasteiger partial charge in [0.15, 0.2) is 0 Å². The highest BCUT2D eigenvalue weighted by molar-refractivity contribution is 5.73. The summed E-state index contributed by atoms with van der Waals surface area (Å²) < 4.78 is 0. The van der Waals surface area contributed by atoms with E-state index >= 15 is 0 Å². The molecule has 0 aliphatic carbocycles. The molecule has 4 heteroatoms. The normalized spacial score (nSPS) is 12.5. The summed E-state index contributed by atoms with van der Waals surface area (Å²) in [5.41, 5.74) is 0. The number of carboxylic acids is 1. The van der Waals surface area contributed by atoms with Crippen molar-refractivity contribution in [3.63, 3.8) is 0 Å². The number of carboxylic acid groups (broad SMARTS) is 1. The van der Waals surface area contributed by atoms with Gasteiger partial charge in [-0.1, -0.05) is 13.8 Å². The van der Waals surface area contributed by atoms with Crippen LogP contribution < -0.4 is 5.32 Å². The molecule has 0 bridgehead atoms. The van der Waals surface area contributed by atoms with E-state index in [0.717, 1.165) is 0 Å². The van der Waals surface area contributed by atoms with E-state index in [-0.39, 0.29) is 5.92 Å². The summed E-state index contributed by atoms with van der Waals surface area (Å²) in [4.78, 5) is 10.6. The molecule has 1 unspecified atom stereocenters. The van der Waals surface area contributed by atoms with E-state index in [1.54, 1.807) is 0 Å². The topological polar surface area (TPSA) is 73.1 Å². The van der Waals surface area contributed by atoms with E-state index in [2.05, 4.69) is 5.32 Å². The van der Waals surface area contributed by atoms with E-state index in [1.807, 2.05) is 19.9 Å². The molecule has 0 aromatic heterocycles. The van der Waals surface area contributed by atoms with E-state index in [9.17, 15) is 4.79 Å². The molecule has 68 valence electrons. The molecular formula is C8H14N2O2. The average molecular weight is 170 g/mol. The van der Waals surface area contributed by atoms with Crippen LogP contribution in [-0.2, 0) is 4.79 Å². The number of nitriles is 1. The molecule has 0 rings (SSSR count). The largest absolute Gasteiger partial charge is 0.480 e. The monoisotopic (exact) mass is 170 g/mol. The minimum Gasteiger partial charge on any atom is -0.480 e. The van der Waals surface area contributed by atoms with Crippen LogP contribution in [0, 0.1) is 17.2 Å². The van der Waals surface area contributed by atoms with Gasteiger partial charge in [0.1, 0.15) is 6.04 Å². The smallest absolute Gasteiger partial charge is 0.320 e. The van der Waals surface area contributed by atoms with Crippen molar-refractivity contribution in [2.24, 2.45) is 5.92 Å². The fourth-order valence-electron chi connectivity index (χ4n) is 0.892. The number of hydrogen-bond donors (Lipinski definition) is 2. The molecule has 12 heavy (non-hydrogen) atoms. The first-order valence-electron chi connectivity index (χ1n) is 3.92. The molecule has 0 fully saturated rings. The molecule has 0 spiro atoms. The lowest BCUT2D eigenvalue weighted by atomic mass is 10.1. The highest BCUT2D eigenvalue weighted by Crippen LogP contribution is 2.00. The number of carbonyl (C=O) groups is 1. The maximum absolute atomic E-state index is 10.6. The van der Waals surface area contributed by atoms with Gasteiger partial charge in [-0.05, 0) is 5.92 Å². The third-order valence-corrected chi connectivity index (χ3v) is 1.53. The Morgan fingerprint density at radius 3 is 2.58 bits per heavy atom. The number of hydrogen-bond acceptors (Lipinski definition) is 3. The molecule has 0 radical (unpaired) electrons. The van der Waals surface area contributed by atoms with Gasteiger partial charge in [-0.15, -0.1) is 0 Å². The summed E-state index contributed by atoms with van der Waals surface area (Å²) >= 11 is 0. The summed E-state index contributed by atoms with van der Waals surface area (Å²) in [5, 5.41) is 19.7. The van der Waals surface area contributed by atoms with Gasteiger partial charge in [-0.2, -0.15) is 5.26 Å². The van der Waals surface area contributed by atoms with Gasteiger partial charge in [0, 0.05) is 13.0 Å². The number of rotatable bonds is 5. The van der Waals surface area contributed by atoms with E-state index < -0.39 is 12.0 Å². The molecule has 0 aromatic carbocycles. The molecule has 0 aromatic rings. The second kappa shape index (κ2) is 5.56. The van der Waals surface area contributed by atoms with Gasteiger partial charge in [-0.3, -0.25) is 4.79 Å². The second-order valence-electron chi connectivity index (χ2n) is 2.92. The number of nitrogens with one attached hydrogen (secondary N) is 1. The minimum atomic E-state index is -0.858. The molecule has 0 aliphatic heterocycles. The molecule has 0 saturated carbocycles. The van der Waals surface area contributed by atoms with Crippen LogP contribution in [0.2, 0.25) is 0 Å². The molecule has 0 heterocycles. The summed E-state index contributed by atoms with van der Waals surface area (Å²) in [6.07, 6.45) is 0.344. The average Bonchev–Trinajstić information content (AvgIpc) is 1.96. The summed E-state index contributed by atoms with van der Waals surface area (Å²) in [6.45, 7) is 4.10. The number of nitrogens with zero attached hydrogens (tertiary/aromatic N) is 1. The van der Waals surface area contributed by atoms with Crippen LogP contribution in [0.5, 0.6) is 0 Å². The third kappa shape index (κ3) is 3.94. The lowest BCUT2D eigenvalue weighted by Crippen LogP contribution is -2.41. The Bertz CT molecular complexity index is 184. The molecule has 4 nitrogen and oxygen atoms in total. The Balaban J connectivity index is 3.82. The van der Waals surface area contributed by atoms with Gasteiger partial charge in [0.05, 0.1) is 6.07 Å². The lowest BCUT2D eigenvalue weighted by Gasteiger charge is -2.16. The minimum absolute atomic E-state index is 0.0428. The third-order valence-electron chi connectivity index (χ3n) is 1.53. The molecular weight excluding hydrogens is 156 g/mol. The van der Waals surface area contributed by atoms with Crippen LogP contribution in [0.25, 0.3) is 0 Å². The van der Waals surface area contributed by atoms with Crippen LogP contribution in [0.15, 0.2) is 0 Å². The van der Waals surface area contributed by atoms with Crippen molar-refractivity contribution in [1.82, 2.24) is 5.32 Å². The molecule has 1 atom stereocenters. The first-order valence-corrected chi connectivity index (χ1v) is 3.92. The Kier molecular flexibility index (Phi) is 5.06. The van der Waals surface area contributed by atoms with Gasteiger partial charge in [0.2, 0.25) is 0 Å². The Morgan fingerprint density at radius 2 is 2.25 bits per heavy atom. The van der Waals surface area contributed by atoms with E-state index in [0.29, 0.717) is 13.0 Å². The maximum atomic E-state index is 10.6. The van der Waals surface area contributed by atoms with Gasteiger partial charge >= 0.3 is 5.97 Å². The maximum Gasteiger partial charge on any atom is 0.320 e. The van der Waals surface area contributed by atoms with Crippen LogP contribution in [-0.4, -0.2) is 23.7 Å². The molecule has 0 saturated heterocycles. The van der Waals surface area contributed by atoms with E-state index in [4.69, 9.17) is 10.4 Å². The summed E-state index contributed by atoms with van der Waals surface area (Å²) in [6, 6.07) is 1.40. The van der Waals surface area contributed by atoms with Crippen LogP contribution >= 0.6 is 0 Å². The molecule has 0 aliphatic rings. The van der Waals surface area contributed by atoms with Crippen molar-refractivity contribution in [3.05, 3.63) is 0 Å². The molecule has 0 amide bonds. The first-order chi connectivity index (χ1) is 5.59. The van der Waals surface area contributed by atoms with Crippen LogP contribution in [0.1, 0.15) is 20.3 Å². The Hall–Kier alpha value is -1.08. The first kappa shape index (κ1) is 10.9. The highest BCUT2D eigenvalue weighted by Gasteiger charge is 2.19. The quantitative estimate of drug-likeness (QED) is 0.592. The predicted octanol–water partition coefficient (Wildman–Crippen LogP) is 0.599. The highest BCUT2D eigenvalue weighted by atomic mass is 16.4. The second-order valence-corrected chi connectivity index (χ2v) is 2.92. The van der Waals surface area contributed by atoms with Crippen molar-refractivity contribution in [3.8, 4) is 6.07 Å². The van der Waals surface area contributed by atoms with Crippen molar-refractivity contribution in [1.29, 1.82) is 5.26 Å². The van der Waals surface area contributed by atoms with Gasteiger partial charge in [-0.25, -0.2) is 0 Å². The van der Waals surface area contributed by atoms with Crippen molar-refractivity contribution in [2.45, 2.75) is 26.3 Å². The zero-order valence-electron chi connectivity index (χ0n) is 7.37. The summed E-state index contributed by atoms with van der Waals surface area (Å²) in [5.74, 6) is -0.816. The molecule has 2 N–H and O–H groups in total. The van der Waals surface area contributed by atoms with Gasteiger partial charge in [0.25, 0.3) is 0 Å². The van der Waals surface area contributed by atoms with Crippen LogP contribution in [0.3, 0.4) is 0 Å². The standard InChI is InChI=1S/C8H14N2O2/c1-6(2)7(8(11)12)10-5-3-4-9/h6-7,10H,3,5H2,1-2H3,(H,11,12). The lowest BCUT2D eigenvalue weighted by molar-refractivity contribution is -0.140. The van der Waals surface area contributed by atoms with Crippen molar-refractivity contribution >= 4 is 5.97 Å². The Labute approximate surface area is 72.2 Å². The van der Waals surface area contributed by atoms with Crippen molar-refractivity contribution < 1.29 is 9.90 Å². The Morgan fingerprint density at radius 1 is 1.67 bits per heavy atom. The predicted molar refractivity (Wildman–Crippen MR) is 44.5 cm³/mol. The van der Waals surface area contributed by atoms with Gasteiger partial charge < -0.3 is 10.4 Å². The van der Waals surface area contributed by atoms with Crippen molar-refractivity contribution in [2.75, 3.05) is 6.54 Å². The summed E-state index contributed by atoms with van der Waals surface area (Å²) in [7, 11) is 0. The van der Waals surface area contributed by atoms with Crippen LogP contribution in [0.4, 0.5) is 0 Å².